The van der Waals surface area contributed by atoms with Gasteiger partial charge in [0.25, 0.3) is 11.8 Å². The Morgan fingerprint density at radius 3 is 2.45 bits per heavy atom. The molecule has 0 spiro atoms. The fourth-order valence-corrected chi connectivity index (χ4v) is 2.69. The minimum Gasteiger partial charge on any atom is -0.496 e. The van der Waals surface area contributed by atoms with Crippen LogP contribution in [0.2, 0.25) is 5.02 Å². The quantitative estimate of drug-likeness (QED) is 0.611. The van der Waals surface area contributed by atoms with Crippen molar-refractivity contribution in [2.75, 3.05) is 13.7 Å². The summed E-state index contributed by atoms with van der Waals surface area (Å²) in [6.45, 7) is 1.78. The third kappa shape index (κ3) is 6.80. The van der Waals surface area contributed by atoms with Crippen LogP contribution in [0.1, 0.15) is 29.3 Å². The van der Waals surface area contributed by atoms with Crippen LogP contribution in [-0.2, 0) is 20.9 Å². The van der Waals surface area contributed by atoms with Gasteiger partial charge in [0.15, 0.2) is 6.10 Å². The second kappa shape index (κ2) is 11.1. The summed E-state index contributed by atoms with van der Waals surface area (Å²) in [4.78, 5) is 36.2. The Balaban J connectivity index is 1.73. The number of amides is 2. The molecule has 0 aliphatic carbocycles. The molecule has 0 saturated carbocycles. The molecule has 2 amide bonds. The van der Waals surface area contributed by atoms with Crippen molar-refractivity contribution in [1.82, 2.24) is 10.6 Å². The molecule has 29 heavy (non-hydrogen) atoms. The highest BCUT2D eigenvalue weighted by atomic mass is 35.5. The SMILES string of the molecule is COc1ccccc1C(=O)NCCC(=O)O[C@@H](C)C(=O)NCc1ccccc1Cl. The number of hydrogen-bond acceptors (Lipinski definition) is 5. The van der Waals surface area contributed by atoms with Gasteiger partial charge in [-0.05, 0) is 30.7 Å². The molecule has 0 heterocycles. The lowest BCUT2D eigenvalue weighted by Gasteiger charge is -2.14. The summed E-state index contributed by atoms with van der Waals surface area (Å²) in [5, 5.41) is 5.84. The van der Waals surface area contributed by atoms with Crippen LogP contribution in [0.4, 0.5) is 0 Å². The summed E-state index contributed by atoms with van der Waals surface area (Å²) in [6.07, 6.45) is -1.03. The molecular formula is C21H23ClN2O5. The smallest absolute Gasteiger partial charge is 0.308 e. The van der Waals surface area contributed by atoms with Crippen LogP contribution in [0, 0.1) is 0 Å². The summed E-state index contributed by atoms with van der Waals surface area (Å²) >= 11 is 6.04. The molecule has 0 radical (unpaired) electrons. The van der Waals surface area contributed by atoms with Gasteiger partial charge >= 0.3 is 5.97 Å². The monoisotopic (exact) mass is 418 g/mol. The van der Waals surface area contributed by atoms with E-state index in [1.807, 2.05) is 6.07 Å². The molecule has 2 rings (SSSR count). The van der Waals surface area contributed by atoms with Gasteiger partial charge < -0.3 is 20.1 Å². The number of rotatable bonds is 9. The Morgan fingerprint density at radius 2 is 1.72 bits per heavy atom. The van der Waals surface area contributed by atoms with Crippen LogP contribution in [0.3, 0.4) is 0 Å². The number of methoxy groups -OCH3 is 1. The first-order chi connectivity index (χ1) is 13.9. The molecular weight excluding hydrogens is 396 g/mol. The molecule has 2 aromatic rings. The van der Waals surface area contributed by atoms with Crippen LogP contribution >= 0.6 is 11.6 Å². The summed E-state index contributed by atoms with van der Waals surface area (Å²) in [6, 6.07) is 13.9. The Kier molecular flexibility index (Phi) is 8.48. The molecule has 0 saturated heterocycles. The summed E-state index contributed by atoms with van der Waals surface area (Å²) < 4.78 is 10.2. The third-order valence-corrected chi connectivity index (χ3v) is 4.42. The molecule has 0 bridgehead atoms. The molecule has 0 aromatic heterocycles. The first-order valence-corrected chi connectivity index (χ1v) is 9.42. The molecule has 2 N–H and O–H groups in total. The molecule has 0 aliphatic rings. The molecule has 7 nitrogen and oxygen atoms in total. The van der Waals surface area contributed by atoms with Gasteiger partial charge in [-0.15, -0.1) is 0 Å². The summed E-state index contributed by atoms with van der Waals surface area (Å²) in [5.41, 5.74) is 1.13. The Bertz CT molecular complexity index is 872. The highest BCUT2D eigenvalue weighted by Gasteiger charge is 2.18. The van der Waals surface area contributed by atoms with E-state index in [1.165, 1.54) is 14.0 Å². The van der Waals surface area contributed by atoms with Gasteiger partial charge in [-0.1, -0.05) is 41.9 Å². The van der Waals surface area contributed by atoms with E-state index in [4.69, 9.17) is 21.1 Å². The molecule has 154 valence electrons. The van der Waals surface area contributed by atoms with Gasteiger partial charge in [0, 0.05) is 18.1 Å². The third-order valence-electron chi connectivity index (χ3n) is 4.05. The van der Waals surface area contributed by atoms with Crippen molar-refractivity contribution in [2.45, 2.75) is 26.0 Å². The number of ether oxygens (including phenoxy) is 2. The van der Waals surface area contributed by atoms with Gasteiger partial charge in [0.05, 0.1) is 19.1 Å². The maximum absolute atomic E-state index is 12.2. The predicted octanol–water partition coefficient (Wildman–Crippen LogP) is 2.72. The van der Waals surface area contributed by atoms with Crippen LogP contribution in [0.25, 0.3) is 0 Å². The van der Waals surface area contributed by atoms with Crippen molar-refractivity contribution in [1.29, 1.82) is 0 Å². The normalized spacial score (nSPS) is 11.3. The van der Waals surface area contributed by atoms with Crippen molar-refractivity contribution in [2.24, 2.45) is 0 Å². The van der Waals surface area contributed by atoms with Crippen molar-refractivity contribution in [3.05, 3.63) is 64.7 Å². The fourth-order valence-electron chi connectivity index (χ4n) is 2.48. The lowest BCUT2D eigenvalue weighted by molar-refractivity contribution is -0.154. The van der Waals surface area contributed by atoms with E-state index in [9.17, 15) is 14.4 Å². The Labute approximate surface area is 174 Å². The predicted molar refractivity (Wildman–Crippen MR) is 109 cm³/mol. The summed E-state index contributed by atoms with van der Waals surface area (Å²) in [5.74, 6) is -0.945. The van der Waals surface area contributed by atoms with E-state index in [-0.39, 0.29) is 25.4 Å². The van der Waals surface area contributed by atoms with Gasteiger partial charge in [-0.3, -0.25) is 14.4 Å². The zero-order valence-corrected chi connectivity index (χ0v) is 17.0. The zero-order chi connectivity index (χ0) is 21.2. The number of halogens is 1. The molecule has 8 heteroatoms. The van der Waals surface area contributed by atoms with Gasteiger partial charge in [0.1, 0.15) is 5.75 Å². The molecule has 0 aliphatic heterocycles. The fraction of sp³-hybridized carbons (Fsp3) is 0.286. The Morgan fingerprint density at radius 1 is 1.03 bits per heavy atom. The lowest BCUT2D eigenvalue weighted by atomic mass is 10.2. The van der Waals surface area contributed by atoms with Gasteiger partial charge in [-0.2, -0.15) is 0 Å². The topological polar surface area (TPSA) is 93.7 Å². The molecule has 0 fully saturated rings. The van der Waals surface area contributed by atoms with Crippen molar-refractivity contribution >= 4 is 29.4 Å². The second-order valence-corrected chi connectivity index (χ2v) is 6.55. The van der Waals surface area contributed by atoms with Crippen molar-refractivity contribution in [3.8, 4) is 5.75 Å². The standard InChI is InChI=1S/C21H23ClN2O5/c1-14(20(26)24-13-15-7-3-5-9-17(15)22)29-19(25)11-12-23-21(27)16-8-4-6-10-18(16)28-2/h3-10,14H,11-13H2,1-2H3,(H,23,27)(H,24,26)/t14-/m0/s1. The minimum atomic E-state index is -0.963. The molecule has 2 aromatic carbocycles. The average Bonchev–Trinajstić information content (AvgIpc) is 2.72. The number of esters is 1. The highest BCUT2D eigenvalue weighted by molar-refractivity contribution is 6.31. The lowest BCUT2D eigenvalue weighted by Crippen LogP contribution is -2.36. The van der Waals surface area contributed by atoms with Crippen molar-refractivity contribution in [3.63, 3.8) is 0 Å². The maximum Gasteiger partial charge on any atom is 0.308 e. The molecule has 1 atom stereocenters. The molecule has 0 unspecified atom stereocenters. The van der Waals surface area contributed by atoms with E-state index in [0.717, 1.165) is 5.56 Å². The first kappa shape index (κ1) is 22.2. The second-order valence-electron chi connectivity index (χ2n) is 6.15. The van der Waals surface area contributed by atoms with Gasteiger partial charge in [-0.25, -0.2) is 0 Å². The summed E-state index contributed by atoms with van der Waals surface area (Å²) in [7, 11) is 1.47. The van der Waals surface area contributed by atoms with E-state index >= 15 is 0 Å². The van der Waals surface area contributed by atoms with E-state index in [1.54, 1.807) is 42.5 Å². The van der Waals surface area contributed by atoms with E-state index in [2.05, 4.69) is 10.6 Å². The largest absolute Gasteiger partial charge is 0.496 e. The maximum atomic E-state index is 12.2. The number of para-hydroxylation sites is 1. The number of carbonyl (C=O) groups excluding carboxylic acids is 3. The number of carbonyl (C=O) groups is 3. The first-order valence-electron chi connectivity index (χ1n) is 9.04. The van der Waals surface area contributed by atoms with Crippen LogP contribution in [-0.4, -0.2) is 37.5 Å². The van der Waals surface area contributed by atoms with Crippen molar-refractivity contribution < 1.29 is 23.9 Å². The number of hydrogen-bond donors (Lipinski definition) is 2. The Hall–Kier alpha value is -3.06. The van der Waals surface area contributed by atoms with E-state index < -0.39 is 18.0 Å². The highest BCUT2D eigenvalue weighted by Crippen LogP contribution is 2.17. The number of benzene rings is 2. The zero-order valence-electron chi connectivity index (χ0n) is 16.2. The van der Waals surface area contributed by atoms with Gasteiger partial charge in [0.2, 0.25) is 0 Å². The van der Waals surface area contributed by atoms with Crippen LogP contribution in [0.5, 0.6) is 5.75 Å². The van der Waals surface area contributed by atoms with Crippen LogP contribution < -0.4 is 15.4 Å². The average molecular weight is 419 g/mol. The van der Waals surface area contributed by atoms with E-state index in [0.29, 0.717) is 16.3 Å². The number of nitrogens with one attached hydrogen (secondary N) is 2. The minimum absolute atomic E-state index is 0.0664. The van der Waals surface area contributed by atoms with Crippen LogP contribution in [0.15, 0.2) is 48.5 Å².